The minimum absolute atomic E-state index is 0.392. The summed E-state index contributed by atoms with van der Waals surface area (Å²) in [6.45, 7) is 10.6. The fourth-order valence-corrected chi connectivity index (χ4v) is 2.54. The fourth-order valence-electron chi connectivity index (χ4n) is 2.22. The maximum Gasteiger partial charge on any atom is 0.0540 e. The highest BCUT2D eigenvalue weighted by molar-refractivity contribution is 9.12. The van der Waals surface area contributed by atoms with Crippen molar-refractivity contribution in [3.63, 3.8) is 0 Å². The van der Waals surface area contributed by atoms with Gasteiger partial charge in [0.25, 0.3) is 0 Å². The Balaban J connectivity index is 2.54. The molecule has 1 unspecified atom stereocenters. The van der Waals surface area contributed by atoms with Crippen LogP contribution >= 0.6 is 15.9 Å². The third-order valence-electron chi connectivity index (χ3n) is 3.47. The van der Waals surface area contributed by atoms with E-state index in [2.05, 4.69) is 77.9 Å². The topological polar surface area (TPSA) is 24.4 Å². The number of aryl methyl sites for hydroxylation is 1. The minimum atomic E-state index is 0.392. The van der Waals surface area contributed by atoms with Gasteiger partial charge in [0.05, 0.1) is 4.48 Å². The van der Waals surface area contributed by atoms with Gasteiger partial charge in [-0.15, -0.1) is 0 Å². The van der Waals surface area contributed by atoms with E-state index in [-0.39, 0.29) is 0 Å². The summed E-state index contributed by atoms with van der Waals surface area (Å²) in [6.07, 6.45) is 3.85. The maximum atomic E-state index is 4.23. The monoisotopic (exact) mass is 348 g/mol. The molecule has 2 nitrogen and oxygen atoms in total. The summed E-state index contributed by atoms with van der Waals surface area (Å²) in [5.41, 5.74) is 4.88. The van der Waals surface area contributed by atoms with Gasteiger partial charge in [-0.05, 0) is 66.2 Å². The van der Waals surface area contributed by atoms with Gasteiger partial charge in [-0.1, -0.05) is 30.8 Å². The van der Waals surface area contributed by atoms with E-state index in [1.165, 1.54) is 16.7 Å². The molecule has 0 aliphatic carbocycles. The number of aliphatic imine (C=N–C) groups is 1. The molecule has 0 radical (unpaired) electrons. The molecule has 1 N–H and O–H groups in total. The predicted octanol–water partition coefficient (Wildman–Crippen LogP) is 5.09. The van der Waals surface area contributed by atoms with E-state index in [4.69, 9.17) is 0 Å². The van der Waals surface area contributed by atoms with Crippen molar-refractivity contribution in [2.45, 2.75) is 39.7 Å². The van der Waals surface area contributed by atoms with Crippen LogP contribution in [0.4, 0.5) is 0 Å². The van der Waals surface area contributed by atoms with Gasteiger partial charge >= 0.3 is 0 Å². The normalized spacial score (nSPS) is 14.0. The molecule has 1 aromatic carbocycles. The van der Waals surface area contributed by atoms with Crippen molar-refractivity contribution in [2.24, 2.45) is 4.99 Å². The number of hydrogen-bond acceptors (Lipinski definition) is 2. The van der Waals surface area contributed by atoms with Crippen molar-refractivity contribution >= 4 is 27.7 Å². The van der Waals surface area contributed by atoms with Crippen molar-refractivity contribution < 1.29 is 0 Å². The van der Waals surface area contributed by atoms with Gasteiger partial charge in [0, 0.05) is 25.0 Å². The first-order chi connectivity index (χ1) is 9.95. The zero-order chi connectivity index (χ0) is 15.8. The van der Waals surface area contributed by atoms with Gasteiger partial charge in [0.2, 0.25) is 0 Å². The standard InChI is InChI=1S/C18H25BrN2/c1-13-8-6-7-9-17(13)14(2)10-11-15(3)21-16(4)18(19)12-20-5/h6-9,12,15,21H,2,10-11H2,1,3-5H3/b18-16+,20-12?. The van der Waals surface area contributed by atoms with Crippen LogP contribution in [0.5, 0.6) is 0 Å². The smallest absolute Gasteiger partial charge is 0.0540 e. The molecule has 0 aliphatic rings. The molecular weight excluding hydrogens is 324 g/mol. The summed E-state index contributed by atoms with van der Waals surface area (Å²) < 4.78 is 0.995. The number of benzene rings is 1. The minimum Gasteiger partial charge on any atom is -0.385 e. The third kappa shape index (κ3) is 5.88. The lowest BCUT2D eigenvalue weighted by atomic mass is 9.97. The van der Waals surface area contributed by atoms with Crippen LogP contribution in [0.3, 0.4) is 0 Å². The molecule has 1 aromatic rings. The second-order valence-corrected chi connectivity index (χ2v) is 6.22. The molecule has 21 heavy (non-hydrogen) atoms. The van der Waals surface area contributed by atoms with Crippen LogP contribution in [-0.2, 0) is 0 Å². The van der Waals surface area contributed by atoms with Gasteiger partial charge in [0.15, 0.2) is 0 Å². The van der Waals surface area contributed by atoms with Crippen LogP contribution in [0.1, 0.15) is 37.8 Å². The molecule has 0 aromatic heterocycles. The highest BCUT2D eigenvalue weighted by atomic mass is 79.9. The lowest BCUT2D eigenvalue weighted by molar-refractivity contribution is 0.577. The van der Waals surface area contributed by atoms with E-state index in [9.17, 15) is 0 Å². The summed E-state index contributed by atoms with van der Waals surface area (Å²) in [6, 6.07) is 8.81. The van der Waals surface area contributed by atoms with Crippen LogP contribution in [0.2, 0.25) is 0 Å². The van der Waals surface area contributed by atoms with Crippen molar-refractivity contribution in [2.75, 3.05) is 7.05 Å². The van der Waals surface area contributed by atoms with Crippen LogP contribution < -0.4 is 5.32 Å². The van der Waals surface area contributed by atoms with Crippen molar-refractivity contribution in [3.05, 3.63) is 52.2 Å². The number of nitrogens with zero attached hydrogens (tertiary/aromatic N) is 1. The molecule has 114 valence electrons. The molecule has 0 aliphatic heterocycles. The predicted molar refractivity (Wildman–Crippen MR) is 98.1 cm³/mol. The SMILES string of the molecule is C=C(CCC(C)N/C(C)=C(/Br)C=NC)c1ccccc1C. The van der Waals surface area contributed by atoms with Crippen LogP contribution in [0.25, 0.3) is 5.57 Å². The molecule has 0 amide bonds. The van der Waals surface area contributed by atoms with E-state index in [0.717, 1.165) is 23.0 Å². The number of hydrogen-bond donors (Lipinski definition) is 1. The Morgan fingerprint density at radius 3 is 2.71 bits per heavy atom. The first-order valence-corrected chi connectivity index (χ1v) is 8.03. The Morgan fingerprint density at radius 1 is 1.43 bits per heavy atom. The molecule has 1 atom stereocenters. The molecule has 0 saturated heterocycles. The van der Waals surface area contributed by atoms with Crippen LogP contribution in [-0.4, -0.2) is 19.3 Å². The molecule has 3 heteroatoms. The Kier molecular flexibility index (Phi) is 7.44. The Labute approximate surface area is 137 Å². The van der Waals surface area contributed by atoms with E-state index in [1.54, 1.807) is 13.3 Å². The van der Waals surface area contributed by atoms with Crippen LogP contribution in [0.15, 0.2) is 46.0 Å². The summed E-state index contributed by atoms with van der Waals surface area (Å²) >= 11 is 3.51. The average Bonchev–Trinajstić information content (AvgIpc) is 2.45. The summed E-state index contributed by atoms with van der Waals surface area (Å²) in [4.78, 5) is 4.00. The summed E-state index contributed by atoms with van der Waals surface area (Å²) in [5.74, 6) is 0. The van der Waals surface area contributed by atoms with Crippen molar-refractivity contribution in [1.82, 2.24) is 5.32 Å². The van der Waals surface area contributed by atoms with E-state index in [1.807, 2.05) is 0 Å². The third-order valence-corrected chi connectivity index (χ3v) is 4.27. The van der Waals surface area contributed by atoms with E-state index < -0.39 is 0 Å². The lowest BCUT2D eigenvalue weighted by Gasteiger charge is -2.17. The van der Waals surface area contributed by atoms with Crippen LogP contribution in [0, 0.1) is 6.92 Å². The lowest BCUT2D eigenvalue weighted by Crippen LogP contribution is -2.24. The van der Waals surface area contributed by atoms with Gasteiger partial charge in [0.1, 0.15) is 0 Å². The molecule has 1 rings (SSSR count). The number of rotatable bonds is 7. The molecule has 0 fully saturated rings. The highest BCUT2D eigenvalue weighted by Crippen LogP contribution is 2.22. The first kappa shape index (κ1) is 17.7. The van der Waals surface area contributed by atoms with Gasteiger partial charge in [-0.3, -0.25) is 4.99 Å². The average molecular weight is 349 g/mol. The van der Waals surface area contributed by atoms with E-state index >= 15 is 0 Å². The largest absolute Gasteiger partial charge is 0.385 e. The summed E-state index contributed by atoms with van der Waals surface area (Å²) in [7, 11) is 1.77. The fraction of sp³-hybridized carbons (Fsp3) is 0.389. The zero-order valence-corrected chi connectivity index (χ0v) is 15.0. The van der Waals surface area contributed by atoms with Crippen molar-refractivity contribution in [1.29, 1.82) is 0 Å². The summed E-state index contributed by atoms with van der Waals surface area (Å²) in [5, 5.41) is 3.49. The van der Waals surface area contributed by atoms with Crippen molar-refractivity contribution in [3.8, 4) is 0 Å². The number of allylic oxidation sites excluding steroid dienone is 3. The Hall–Kier alpha value is -1.35. The molecule has 0 heterocycles. The molecular formula is C18H25BrN2. The zero-order valence-electron chi connectivity index (χ0n) is 13.4. The molecule has 0 saturated carbocycles. The first-order valence-electron chi connectivity index (χ1n) is 7.24. The van der Waals surface area contributed by atoms with E-state index in [0.29, 0.717) is 6.04 Å². The molecule has 0 bridgehead atoms. The second kappa shape index (κ2) is 8.83. The quantitative estimate of drug-likeness (QED) is 0.681. The second-order valence-electron chi connectivity index (χ2n) is 5.36. The maximum absolute atomic E-state index is 4.23. The number of halogens is 1. The van der Waals surface area contributed by atoms with Gasteiger partial charge < -0.3 is 5.32 Å². The number of nitrogens with one attached hydrogen (secondary N) is 1. The van der Waals surface area contributed by atoms with Gasteiger partial charge in [-0.2, -0.15) is 0 Å². The Bertz CT molecular complexity index is 544. The van der Waals surface area contributed by atoms with Gasteiger partial charge in [-0.25, -0.2) is 0 Å². The highest BCUT2D eigenvalue weighted by Gasteiger charge is 2.07. The Morgan fingerprint density at radius 2 is 2.10 bits per heavy atom. The molecule has 0 spiro atoms.